The van der Waals surface area contributed by atoms with Crippen molar-refractivity contribution >= 4 is 23.2 Å². The van der Waals surface area contributed by atoms with Gasteiger partial charge in [0, 0.05) is 10.9 Å². The van der Waals surface area contributed by atoms with E-state index in [4.69, 9.17) is 23.2 Å². The summed E-state index contributed by atoms with van der Waals surface area (Å²) in [6, 6.07) is 8.18. The second kappa shape index (κ2) is 6.66. The summed E-state index contributed by atoms with van der Waals surface area (Å²) >= 11 is 12.0. The van der Waals surface area contributed by atoms with Gasteiger partial charge in [-0.2, -0.15) is 0 Å². The third kappa shape index (κ3) is 4.19. The van der Waals surface area contributed by atoms with Crippen molar-refractivity contribution in [1.29, 1.82) is 0 Å². The highest BCUT2D eigenvalue weighted by atomic mass is 35.5. The van der Waals surface area contributed by atoms with E-state index >= 15 is 0 Å². The first-order valence-electron chi connectivity index (χ1n) is 6.58. The molecule has 0 bridgehead atoms. The summed E-state index contributed by atoms with van der Waals surface area (Å²) < 4.78 is 0. The molecule has 17 heavy (non-hydrogen) atoms. The fourth-order valence-electron chi connectivity index (χ4n) is 2.87. The van der Waals surface area contributed by atoms with Crippen molar-refractivity contribution in [1.82, 2.24) is 0 Å². The second-order valence-electron chi connectivity index (χ2n) is 5.24. The van der Waals surface area contributed by atoms with Gasteiger partial charge in [0.25, 0.3) is 0 Å². The number of benzene rings is 1. The Morgan fingerprint density at radius 3 is 2.35 bits per heavy atom. The summed E-state index contributed by atoms with van der Waals surface area (Å²) in [6.07, 6.45) is 8.05. The van der Waals surface area contributed by atoms with Crippen LogP contribution in [0.4, 0.5) is 0 Å². The normalized spacial score (nSPS) is 18.5. The van der Waals surface area contributed by atoms with Gasteiger partial charge in [-0.1, -0.05) is 49.4 Å². The standard InChI is InChI=1S/C15H20Cl2/c16-11-14(9-12-3-1-2-4-12)10-13-5-7-15(17)8-6-13/h5-8,12,14H,1-4,9-11H2. The second-order valence-corrected chi connectivity index (χ2v) is 5.98. The molecule has 0 nitrogen and oxygen atoms in total. The van der Waals surface area contributed by atoms with Crippen LogP contribution in [-0.4, -0.2) is 5.88 Å². The first kappa shape index (κ1) is 13.2. The summed E-state index contributed by atoms with van der Waals surface area (Å²) in [5, 5.41) is 0.812. The molecule has 1 saturated carbocycles. The molecule has 1 aliphatic rings. The summed E-state index contributed by atoms with van der Waals surface area (Å²) in [7, 11) is 0. The third-order valence-electron chi connectivity index (χ3n) is 3.80. The Morgan fingerprint density at radius 2 is 1.76 bits per heavy atom. The van der Waals surface area contributed by atoms with E-state index in [1.54, 1.807) is 0 Å². The summed E-state index contributed by atoms with van der Waals surface area (Å²) in [5.41, 5.74) is 1.36. The van der Waals surface area contributed by atoms with Crippen molar-refractivity contribution in [2.75, 3.05) is 5.88 Å². The Bertz CT molecular complexity index is 325. The first-order chi connectivity index (χ1) is 8.28. The number of hydrogen-bond acceptors (Lipinski definition) is 0. The number of halogens is 2. The highest BCUT2D eigenvalue weighted by Crippen LogP contribution is 2.31. The molecule has 2 heteroatoms. The van der Waals surface area contributed by atoms with Crippen molar-refractivity contribution in [2.45, 2.75) is 38.5 Å². The maximum absolute atomic E-state index is 6.10. The van der Waals surface area contributed by atoms with E-state index in [-0.39, 0.29) is 0 Å². The fourth-order valence-corrected chi connectivity index (χ4v) is 3.23. The van der Waals surface area contributed by atoms with Gasteiger partial charge in [0.2, 0.25) is 0 Å². The number of alkyl halides is 1. The van der Waals surface area contributed by atoms with Crippen LogP contribution in [0.1, 0.15) is 37.7 Å². The highest BCUT2D eigenvalue weighted by Gasteiger charge is 2.19. The average Bonchev–Trinajstić information content (AvgIpc) is 2.84. The Morgan fingerprint density at radius 1 is 1.12 bits per heavy atom. The van der Waals surface area contributed by atoms with Crippen LogP contribution in [0.2, 0.25) is 5.02 Å². The van der Waals surface area contributed by atoms with Gasteiger partial charge in [-0.15, -0.1) is 11.6 Å². The van der Waals surface area contributed by atoms with Gasteiger partial charge in [-0.25, -0.2) is 0 Å². The molecular weight excluding hydrogens is 251 g/mol. The molecule has 94 valence electrons. The predicted octanol–water partition coefficient (Wildman–Crippen LogP) is 5.32. The summed E-state index contributed by atoms with van der Waals surface area (Å²) in [5.74, 6) is 2.33. The largest absolute Gasteiger partial charge is 0.126 e. The SMILES string of the molecule is ClCC(Cc1ccc(Cl)cc1)CC1CCCC1. The smallest absolute Gasteiger partial charge is 0.0406 e. The number of rotatable bonds is 5. The Hall–Kier alpha value is -0.200. The van der Waals surface area contributed by atoms with Crippen molar-refractivity contribution in [3.05, 3.63) is 34.9 Å². The maximum atomic E-state index is 6.10. The minimum atomic E-state index is 0.626. The molecule has 0 saturated heterocycles. The van der Waals surface area contributed by atoms with E-state index < -0.39 is 0 Å². The molecule has 0 aromatic heterocycles. The van der Waals surface area contributed by atoms with E-state index in [1.165, 1.54) is 37.7 Å². The Balaban J connectivity index is 1.87. The van der Waals surface area contributed by atoms with Crippen LogP contribution in [0.15, 0.2) is 24.3 Å². The van der Waals surface area contributed by atoms with Gasteiger partial charge in [0.05, 0.1) is 0 Å². The van der Waals surface area contributed by atoms with Gasteiger partial charge in [0.1, 0.15) is 0 Å². The topological polar surface area (TPSA) is 0 Å². The third-order valence-corrected chi connectivity index (χ3v) is 4.49. The highest BCUT2D eigenvalue weighted by molar-refractivity contribution is 6.30. The summed E-state index contributed by atoms with van der Waals surface area (Å²) in [6.45, 7) is 0. The zero-order valence-corrected chi connectivity index (χ0v) is 11.7. The van der Waals surface area contributed by atoms with Crippen LogP contribution in [0.3, 0.4) is 0 Å². The quantitative estimate of drug-likeness (QED) is 0.636. The van der Waals surface area contributed by atoms with Crippen molar-refractivity contribution in [3.63, 3.8) is 0 Å². The predicted molar refractivity (Wildman–Crippen MR) is 75.9 cm³/mol. The molecule has 1 atom stereocenters. The minimum Gasteiger partial charge on any atom is -0.126 e. The average molecular weight is 271 g/mol. The molecule has 1 unspecified atom stereocenters. The fraction of sp³-hybridized carbons (Fsp3) is 0.600. The van der Waals surface area contributed by atoms with Gasteiger partial charge >= 0.3 is 0 Å². The molecule has 2 rings (SSSR count). The van der Waals surface area contributed by atoms with Crippen molar-refractivity contribution < 1.29 is 0 Å². The van der Waals surface area contributed by atoms with Crippen LogP contribution < -0.4 is 0 Å². The van der Waals surface area contributed by atoms with E-state index in [0.717, 1.165) is 23.2 Å². The van der Waals surface area contributed by atoms with E-state index in [0.29, 0.717) is 5.92 Å². The maximum Gasteiger partial charge on any atom is 0.0406 e. The van der Waals surface area contributed by atoms with Gasteiger partial charge in [0.15, 0.2) is 0 Å². The first-order valence-corrected chi connectivity index (χ1v) is 7.49. The Labute approximate surface area is 114 Å². The summed E-state index contributed by atoms with van der Waals surface area (Å²) in [4.78, 5) is 0. The molecule has 0 aliphatic heterocycles. The van der Waals surface area contributed by atoms with Crippen LogP contribution in [0.25, 0.3) is 0 Å². The van der Waals surface area contributed by atoms with Crippen LogP contribution in [0.5, 0.6) is 0 Å². The van der Waals surface area contributed by atoms with Crippen LogP contribution in [0, 0.1) is 11.8 Å². The molecule has 1 fully saturated rings. The molecule has 1 aromatic carbocycles. The molecule has 1 aromatic rings. The molecule has 0 N–H and O–H groups in total. The van der Waals surface area contributed by atoms with Crippen LogP contribution in [-0.2, 0) is 6.42 Å². The zero-order valence-electron chi connectivity index (χ0n) is 10.2. The van der Waals surface area contributed by atoms with E-state index in [1.807, 2.05) is 12.1 Å². The van der Waals surface area contributed by atoms with Crippen molar-refractivity contribution in [3.8, 4) is 0 Å². The van der Waals surface area contributed by atoms with E-state index in [9.17, 15) is 0 Å². The lowest BCUT2D eigenvalue weighted by Crippen LogP contribution is -2.11. The molecule has 0 spiro atoms. The van der Waals surface area contributed by atoms with Gasteiger partial charge in [-0.05, 0) is 42.4 Å². The molecular formula is C15H20Cl2. The van der Waals surface area contributed by atoms with Gasteiger partial charge < -0.3 is 0 Å². The molecule has 0 radical (unpaired) electrons. The molecule has 0 heterocycles. The van der Waals surface area contributed by atoms with Crippen molar-refractivity contribution in [2.24, 2.45) is 11.8 Å². The van der Waals surface area contributed by atoms with Crippen LogP contribution >= 0.6 is 23.2 Å². The lowest BCUT2D eigenvalue weighted by molar-refractivity contribution is 0.399. The van der Waals surface area contributed by atoms with E-state index in [2.05, 4.69) is 12.1 Å². The zero-order chi connectivity index (χ0) is 12.1. The number of hydrogen-bond donors (Lipinski definition) is 0. The lowest BCUT2D eigenvalue weighted by atomic mass is 9.90. The lowest BCUT2D eigenvalue weighted by Gasteiger charge is -2.18. The minimum absolute atomic E-state index is 0.626. The molecule has 1 aliphatic carbocycles. The van der Waals surface area contributed by atoms with Gasteiger partial charge in [-0.3, -0.25) is 0 Å². The Kier molecular flexibility index (Phi) is 5.18. The molecule has 0 amide bonds. The monoisotopic (exact) mass is 270 g/mol.